The highest BCUT2D eigenvalue weighted by Crippen LogP contribution is 2.30. The van der Waals surface area contributed by atoms with Gasteiger partial charge in [0.15, 0.2) is 5.65 Å². The van der Waals surface area contributed by atoms with Crippen molar-refractivity contribution in [1.82, 2.24) is 19.5 Å². The topological polar surface area (TPSA) is 76.9 Å². The van der Waals surface area contributed by atoms with Crippen LogP contribution in [0.15, 0.2) is 54.7 Å². The molecule has 0 aliphatic carbocycles. The average Bonchev–Trinajstić information content (AvgIpc) is 3.08. The Morgan fingerprint density at radius 3 is 2.37 bits per heavy atom. The molecule has 7 nitrogen and oxygen atoms in total. The van der Waals surface area contributed by atoms with Crippen LogP contribution in [0.25, 0.3) is 11.2 Å². The van der Waals surface area contributed by atoms with Gasteiger partial charge in [0.05, 0.1) is 19.0 Å². The molecule has 2 N–H and O–H groups in total. The van der Waals surface area contributed by atoms with E-state index in [2.05, 4.69) is 25.6 Å². The SMILES string of the molecule is COc1ccc(Nc2ncc3nc(Nc4ccccc4F)n(C(C)(C)C)c3n2)cc1. The van der Waals surface area contributed by atoms with Gasteiger partial charge in [-0.25, -0.2) is 14.4 Å². The van der Waals surface area contributed by atoms with Crippen molar-refractivity contribution < 1.29 is 9.13 Å². The molecule has 0 bridgehead atoms. The molecule has 30 heavy (non-hydrogen) atoms. The highest BCUT2D eigenvalue weighted by Gasteiger charge is 2.24. The first-order valence-electron chi connectivity index (χ1n) is 9.54. The molecule has 0 spiro atoms. The lowest BCUT2D eigenvalue weighted by Gasteiger charge is -2.24. The van der Waals surface area contributed by atoms with Crippen molar-refractivity contribution in [3.8, 4) is 5.75 Å². The molecule has 0 radical (unpaired) electrons. The Morgan fingerprint density at radius 2 is 1.70 bits per heavy atom. The van der Waals surface area contributed by atoms with Gasteiger partial charge in [0.1, 0.15) is 17.1 Å². The van der Waals surface area contributed by atoms with Crippen molar-refractivity contribution in [2.24, 2.45) is 0 Å². The Kier molecular flexibility index (Phi) is 4.99. The van der Waals surface area contributed by atoms with Gasteiger partial charge in [0, 0.05) is 11.2 Å². The van der Waals surface area contributed by atoms with Crippen molar-refractivity contribution >= 4 is 34.4 Å². The summed E-state index contributed by atoms with van der Waals surface area (Å²) >= 11 is 0. The Hall–Kier alpha value is -3.68. The van der Waals surface area contributed by atoms with Crippen LogP contribution in [-0.2, 0) is 5.54 Å². The van der Waals surface area contributed by atoms with Gasteiger partial charge >= 0.3 is 0 Å². The van der Waals surface area contributed by atoms with Gasteiger partial charge in [-0.05, 0) is 57.2 Å². The van der Waals surface area contributed by atoms with E-state index in [1.54, 1.807) is 31.5 Å². The summed E-state index contributed by atoms with van der Waals surface area (Å²) in [6.45, 7) is 6.12. The molecule has 2 aromatic heterocycles. The first-order chi connectivity index (χ1) is 14.3. The third-order valence-electron chi connectivity index (χ3n) is 4.54. The quantitative estimate of drug-likeness (QED) is 0.473. The molecule has 4 aromatic rings. The fraction of sp³-hybridized carbons (Fsp3) is 0.227. The summed E-state index contributed by atoms with van der Waals surface area (Å²) in [6.07, 6.45) is 1.66. The number of rotatable bonds is 5. The van der Waals surface area contributed by atoms with Crippen LogP contribution in [0, 0.1) is 5.82 Å². The maximum absolute atomic E-state index is 14.2. The van der Waals surface area contributed by atoms with Crippen molar-refractivity contribution in [1.29, 1.82) is 0 Å². The molecule has 0 amide bonds. The first kappa shape index (κ1) is 19.6. The number of para-hydroxylation sites is 1. The highest BCUT2D eigenvalue weighted by molar-refractivity contribution is 5.77. The normalized spacial score (nSPS) is 11.5. The van der Waals surface area contributed by atoms with Gasteiger partial charge in [0.25, 0.3) is 0 Å². The van der Waals surface area contributed by atoms with Crippen LogP contribution < -0.4 is 15.4 Å². The summed E-state index contributed by atoms with van der Waals surface area (Å²) in [6, 6.07) is 14.0. The van der Waals surface area contributed by atoms with Gasteiger partial charge < -0.3 is 15.4 Å². The van der Waals surface area contributed by atoms with Crippen LogP contribution in [0.5, 0.6) is 5.75 Å². The number of aromatic nitrogens is 4. The molecule has 0 fully saturated rings. The predicted molar refractivity (Wildman–Crippen MR) is 116 cm³/mol. The van der Waals surface area contributed by atoms with Crippen LogP contribution in [0.2, 0.25) is 0 Å². The molecular formula is C22H23FN6O. The highest BCUT2D eigenvalue weighted by atomic mass is 19.1. The monoisotopic (exact) mass is 406 g/mol. The number of fused-ring (bicyclic) bond motifs is 1. The number of nitrogens with zero attached hydrogens (tertiary/aromatic N) is 4. The number of anilines is 4. The van der Waals surface area contributed by atoms with Crippen LogP contribution in [0.4, 0.5) is 27.7 Å². The lowest BCUT2D eigenvalue weighted by molar-refractivity contribution is 0.411. The van der Waals surface area contributed by atoms with Gasteiger partial charge in [-0.2, -0.15) is 4.98 Å². The summed E-state index contributed by atoms with van der Waals surface area (Å²) < 4.78 is 21.3. The third kappa shape index (κ3) is 3.89. The lowest BCUT2D eigenvalue weighted by Crippen LogP contribution is -2.24. The number of benzene rings is 2. The van der Waals surface area contributed by atoms with Gasteiger partial charge in [0.2, 0.25) is 11.9 Å². The summed E-state index contributed by atoms with van der Waals surface area (Å²) in [5.74, 6) is 1.36. The second kappa shape index (κ2) is 7.62. The van der Waals surface area contributed by atoms with Crippen molar-refractivity contribution in [3.63, 3.8) is 0 Å². The number of hydrogen-bond donors (Lipinski definition) is 2. The molecule has 4 rings (SSSR count). The van der Waals surface area contributed by atoms with Crippen LogP contribution in [0.1, 0.15) is 20.8 Å². The van der Waals surface area contributed by atoms with E-state index in [1.807, 2.05) is 49.6 Å². The van der Waals surface area contributed by atoms with Gasteiger partial charge in [-0.1, -0.05) is 12.1 Å². The molecule has 0 saturated carbocycles. The van der Waals surface area contributed by atoms with Gasteiger partial charge in [-0.15, -0.1) is 0 Å². The van der Waals surface area contributed by atoms with Crippen LogP contribution in [-0.4, -0.2) is 26.6 Å². The summed E-state index contributed by atoms with van der Waals surface area (Å²) in [7, 11) is 1.63. The molecule has 2 heterocycles. The maximum Gasteiger partial charge on any atom is 0.229 e. The van der Waals surface area contributed by atoms with Crippen molar-refractivity contribution in [3.05, 3.63) is 60.5 Å². The number of ether oxygens (including phenoxy) is 1. The van der Waals surface area contributed by atoms with E-state index in [0.29, 0.717) is 28.7 Å². The van der Waals surface area contributed by atoms with E-state index in [-0.39, 0.29) is 11.4 Å². The smallest absolute Gasteiger partial charge is 0.229 e. The standard InChI is InChI=1S/C22H23FN6O/c1-22(2,3)29-19-18(27-21(29)26-17-8-6-5-7-16(17)23)13-24-20(28-19)25-14-9-11-15(30-4)12-10-14/h5-13H,1-4H3,(H,26,27)(H,24,25,28). The van der Waals surface area contributed by atoms with E-state index in [1.165, 1.54) is 6.07 Å². The number of methoxy groups -OCH3 is 1. The van der Waals surface area contributed by atoms with E-state index in [4.69, 9.17) is 4.74 Å². The Morgan fingerprint density at radius 1 is 0.967 bits per heavy atom. The lowest BCUT2D eigenvalue weighted by atomic mass is 10.1. The largest absolute Gasteiger partial charge is 0.497 e. The van der Waals surface area contributed by atoms with E-state index in [9.17, 15) is 4.39 Å². The molecule has 0 aliphatic rings. The summed E-state index contributed by atoms with van der Waals surface area (Å²) in [5, 5.41) is 6.29. The zero-order valence-electron chi connectivity index (χ0n) is 17.3. The van der Waals surface area contributed by atoms with E-state index < -0.39 is 0 Å². The third-order valence-corrected chi connectivity index (χ3v) is 4.54. The van der Waals surface area contributed by atoms with Crippen LogP contribution >= 0.6 is 0 Å². The zero-order chi connectivity index (χ0) is 21.3. The van der Waals surface area contributed by atoms with Gasteiger partial charge in [-0.3, -0.25) is 4.57 Å². The molecule has 0 atom stereocenters. The fourth-order valence-corrected chi connectivity index (χ4v) is 3.14. The molecule has 154 valence electrons. The Bertz CT molecular complexity index is 1180. The summed E-state index contributed by atoms with van der Waals surface area (Å²) in [5.41, 5.74) is 2.09. The predicted octanol–water partition coefficient (Wildman–Crippen LogP) is 5.22. The molecule has 0 saturated heterocycles. The minimum absolute atomic E-state index is 0.349. The number of imidazole rings is 1. The van der Waals surface area contributed by atoms with E-state index >= 15 is 0 Å². The minimum Gasteiger partial charge on any atom is -0.497 e. The van der Waals surface area contributed by atoms with Crippen molar-refractivity contribution in [2.45, 2.75) is 26.3 Å². The van der Waals surface area contributed by atoms with Crippen LogP contribution in [0.3, 0.4) is 0 Å². The molecule has 0 aliphatic heterocycles. The Balaban J connectivity index is 1.74. The minimum atomic E-state index is -0.353. The molecule has 8 heteroatoms. The Labute approximate surface area is 174 Å². The molecule has 2 aromatic carbocycles. The molecule has 0 unspecified atom stereocenters. The second-order valence-electron chi connectivity index (χ2n) is 7.80. The maximum atomic E-state index is 14.2. The van der Waals surface area contributed by atoms with E-state index in [0.717, 1.165) is 11.4 Å². The zero-order valence-corrected chi connectivity index (χ0v) is 17.3. The molecular weight excluding hydrogens is 383 g/mol. The fourth-order valence-electron chi connectivity index (χ4n) is 3.14. The number of halogens is 1. The van der Waals surface area contributed by atoms with Crippen molar-refractivity contribution in [2.75, 3.05) is 17.7 Å². The average molecular weight is 406 g/mol. The number of hydrogen-bond acceptors (Lipinski definition) is 6. The first-order valence-corrected chi connectivity index (χ1v) is 9.54. The number of nitrogens with one attached hydrogen (secondary N) is 2. The summed E-state index contributed by atoms with van der Waals surface area (Å²) in [4.78, 5) is 13.7. The second-order valence-corrected chi connectivity index (χ2v) is 7.80.